The molecule has 3 rings (SSSR count). The SMILES string of the molecule is COc1ccccc1CCNC(=O)N1CCN(c2nnc(C(C)C)o2)CC1. The third kappa shape index (κ3) is 4.69. The quantitative estimate of drug-likeness (QED) is 0.836. The van der Waals surface area contributed by atoms with Crippen molar-refractivity contribution in [2.45, 2.75) is 26.2 Å². The van der Waals surface area contributed by atoms with Gasteiger partial charge in [-0.25, -0.2) is 4.79 Å². The molecule has 8 heteroatoms. The van der Waals surface area contributed by atoms with Crippen LogP contribution in [0.1, 0.15) is 31.2 Å². The van der Waals surface area contributed by atoms with E-state index in [-0.39, 0.29) is 11.9 Å². The first-order valence-electron chi connectivity index (χ1n) is 9.31. The fraction of sp³-hybridized carbons (Fsp3) is 0.526. The van der Waals surface area contributed by atoms with E-state index in [2.05, 4.69) is 15.5 Å². The molecule has 1 N–H and O–H groups in total. The molecular formula is C19H27N5O3. The Balaban J connectivity index is 1.44. The zero-order valence-electron chi connectivity index (χ0n) is 16.1. The molecular weight excluding hydrogens is 346 g/mol. The second-order valence-electron chi connectivity index (χ2n) is 6.85. The number of nitrogens with one attached hydrogen (secondary N) is 1. The number of rotatable bonds is 6. The molecule has 0 saturated carbocycles. The van der Waals surface area contributed by atoms with Gasteiger partial charge >= 0.3 is 12.0 Å². The fourth-order valence-electron chi connectivity index (χ4n) is 3.01. The summed E-state index contributed by atoms with van der Waals surface area (Å²) in [5.74, 6) is 1.70. The number of nitrogens with zero attached hydrogens (tertiary/aromatic N) is 4. The highest BCUT2D eigenvalue weighted by molar-refractivity contribution is 5.74. The van der Waals surface area contributed by atoms with Gasteiger partial charge in [0.25, 0.3) is 0 Å². The molecule has 27 heavy (non-hydrogen) atoms. The van der Waals surface area contributed by atoms with Crippen LogP contribution in [0.5, 0.6) is 5.75 Å². The number of benzene rings is 1. The Hall–Kier alpha value is -2.77. The Labute approximate surface area is 159 Å². The minimum absolute atomic E-state index is 0.0436. The summed E-state index contributed by atoms with van der Waals surface area (Å²) in [7, 11) is 1.66. The van der Waals surface area contributed by atoms with E-state index in [0.29, 0.717) is 44.6 Å². The number of aromatic nitrogens is 2. The lowest BCUT2D eigenvalue weighted by molar-refractivity contribution is 0.193. The van der Waals surface area contributed by atoms with E-state index in [1.54, 1.807) is 7.11 Å². The zero-order valence-corrected chi connectivity index (χ0v) is 16.1. The maximum Gasteiger partial charge on any atom is 0.318 e. The van der Waals surface area contributed by atoms with Crippen LogP contribution >= 0.6 is 0 Å². The summed E-state index contributed by atoms with van der Waals surface area (Å²) in [6, 6.07) is 8.35. The predicted molar refractivity (Wildman–Crippen MR) is 102 cm³/mol. The molecule has 1 aliphatic heterocycles. The maximum absolute atomic E-state index is 12.4. The van der Waals surface area contributed by atoms with E-state index in [0.717, 1.165) is 17.7 Å². The minimum atomic E-state index is -0.0436. The van der Waals surface area contributed by atoms with E-state index in [9.17, 15) is 4.79 Å². The number of piperazine rings is 1. The number of amides is 2. The summed E-state index contributed by atoms with van der Waals surface area (Å²) in [5, 5.41) is 11.2. The summed E-state index contributed by atoms with van der Waals surface area (Å²) in [4.78, 5) is 16.2. The number of carbonyl (C=O) groups excluding carboxylic acids is 1. The average molecular weight is 373 g/mol. The number of methoxy groups -OCH3 is 1. The molecule has 1 aliphatic rings. The molecule has 1 saturated heterocycles. The molecule has 1 aromatic carbocycles. The van der Waals surface area contributed by atoms with Crippen molar-refractivity contribution in [3.63, 3.8) is 0 Å². The Morgan fingerprint density at radius 2 is 1.96 bits per heavy atom. The van der Waals surface area contributed by atoms with Gasteiger partial charge in [-0.2, -0.15) is 0 Å². The van der Waals surface area contributed by atoms with E-state index in [4.69, 9.17) is 9.15 Å². The monoisotopic (exact) mass is 373 g/mol. The molecule has 1 aromatic heterocycles. The first-order chi connectivity index (χ1) is 13.1. The Kier molecular flexibility index (Phi) is 6.16. The van der Waals surface area contributed by atoms with Crippen LogP contribution in [0.2, 0.25) is 0 Å². The first kappa shape index (κ1) is 19.0. The lowest BCUT2D eigenvalue weighted by Gasteiger charge is -2.33. The molecule has 146 valence electrons. The van der Waals surface area contributed by atoms with E-state index >= 15 is 0 Å². The number of hydrogen-bond acceptors (Lipinski definition) is 6. The van der Waals surface area contributed by atoms with Crippen LogP contribution in [-0.4, -0.2) is 61.0 Å². The van der Waals surface area contributed by atoms with Gasteiger partial charge in [0.05, 0.1) is 7.11 Å². The number of para-hydroxylation sites is 1. The molecule has 2 heterocycles. The number of hydrogen-bond donors (Lipinski definition) is 1. The van der Waals surface area contributed by atoms with Gasteiger partial charge in [0.2, 0.25) is 5.89 Å². The molecule has 2 aromatic rings. The highest BCUT2D eigenvalue weighted by Crippen LogP contribution is 2.20. The van der Waals surface area contributed by atoms with Crippen molar-refractivity contribution in [2.24, 2.45) is 0 Å². The normalized spacial score (nSPS) is 14.5. The van der Waals surface area contributed by atoms with Crippen molar-refractivity contribution in [2.75, 3.05) is 44.7 Å². The van der Waals surface area contributed by atoms with Gasteiger partial charge in [0.1, 0.15) is 5.75 Å². The molecule has 0 atom stereocenters. The van der Waals surface area contributed by atoms with Gasteiger partial charge in [-0.1, -0.05) is 37.1 Å². The molecule has 0 bridgehead atoms. The lowest BCUT2D eigenvalue weighted by atomic mass is 10.1. The molecule has 2 amide bonds. The molecule has 1 fully saturated rings. The number of anilines is 1. The van der Waals surface area contributed by atoms with Crippen LogP contribution in [-0.2, 0) is 6.42 Å². The first-order valence-corrected chi connectivity index (χ1v) is 9.31. The summed E-state index contributed by atoms with van der Waals surface area (Å²) in [6.45, 7) is 7.22. The van der Waals surface area contributed by atoms with Crippen LogP contribution < -0.4 is 15.0 Å². The zero-order chi connectivity index (χ0) is 19.2. The van der Waals surface area contributed by atoms with Crippen LogP contribution in [0.15, 0.2) is 28.7 Å². The van der Waals surface area contributed by atoms with Gasteiger partial charge in [-0.3, -0.25) is 0 Å². The number of urea groups is 1. The van der Waals surface area contributed by atoms with Crippen LogP contribution in [0.4, 0.5) is 10.8 Å². The third-order valence-electron chi connectivity index (χ3n) is 4.62. The van der Waals surface area contributed by atoms with Crippen molar-refractivity contribution in [1.82, 2.24) is 20.4 Å². The smallest absolute Gasteiger partial charge is 0.318 e. The highest BCUT2D eigenvalue weighted by atomic mass is 16.5. The predicted octanol–water partition coefficient (Wildman–Crippen LogP) is 2.28. The second-order valence-corrected chi connectivity index (χ2v) is 6.85. The van der Waals surface area contributed by atoms with Gasteiger partial charge in [-0.05, 0) is 18.1 Å². The number of carbonyl (C=O) groups is 1. The fourth-order valence-corrected chi connectivity index (χ4v) is 3.01. The summed E-state index contributed by atoms with van der Waals surface area (Å²) < 4.78 is 11.0. The van der Waals surface area contributed by atoms with Crippen LogP contribution in [0, 0.1) is 0 Å². The molecule has 0 aliphatic carbocycles. The highest BCUT2D eigenvalue weighted by Gasteiger charge is 2.24. The largest absolute Gasteiger partial charge is 0.496 e. The van der Waals surface area contributed by atoms with Gasteiger partial charge in [0, 0.05) is 38.6 Å². The summed E-state index contributed by atoms with van der Waals surface area (Å²) >= 11 is 0. The van der Waals surface area contributed by atoms with Crippen LogP contribution in [0.3, 0.4) is 0 Å². The Bertz CT molecular complexity index is 753. The van der Waals surface area contributed by atoms with Crippen molar-refractivity contribution in [1.29, 1.82) is 0 Å². The maximum atomic E-state index is 12.4. The Morgan fingerprint density at radius 3 is 2.63 bits per heavy atom. The summed E-state index contributed by atoms with van der Waals surface area (Å²) in [5.41, 5.74) is 1.09. The topological polar surface area (TPSA) is 83.7 Å². The average Bonchev–Trinajstić information content (AvgIpc) is 3.19. The van der Waals surface area contributed by atoms with E-state index < -0.39 is 0 Å². The van der Waals surface area contributed by atoms with Gasteiger partial charge in [0.15, 0.2) is 0 Å². The Morgan fingerprint density at radius 1 is 1.22 bits per heavy atom. The van der Waals surface area contributed by atoms with Crippen LogP contribution in [0.25, 0.3) is 0 Å². The van der Waals surface area contributed by atoms with Crippen molar-refractivity contribution in [3.05, 3.63) is 35.7 Å². The third-order valence-corrected chi connectivity index (χ3v) is 4.62. The van der Waals surface area contributed by atoms with Crippen molar-refractivity contribution >= 4 is 12.0 Å². The van der Waals surface area contributed by atoms with E-state index in [1.807, 2.05) is 47.9 Å². The molecule has 0 spiro atoms. The molecule has 8 nitrogen and oxygen atoms in total. The summed E-state index contributed by atoms with van der Waals surface area (Å²) in [6.07, 6.45) is 0.732. The lowest BCUT2D eigenvalue weighted by Crippen LogP contribution is -2.52. The van der Waals surface area contributed by atoms with Gasteiger partial charge in [-0.15, -0.1) is 5.10 Å². The van der Waals surface area contributed by atoms with E-state index in [1.165, 1.54) is 0 Å². The van der Waals surface area contributed by atoms with Gasteiger partial charge < -0.3 is 24.3 Å². The van der Waals surface area contributed by atoms with Crippen molar-refractivity contribution < 1.29 is 13.9 Å². The minimum Gasteiger partial charge on any atom is -0.496 e. The second kappa shape index (κ2) is 8.75. The van der Waals surface area contributed by atoms with Crippen molar-refractivity contribution in [3.8, 4) is 5.75 Å². The number of ether oxygens (including phenoxy) is 1. The standard InChI is InChI=1S/C19H27N5O3/c1-14(2)17-21-22-19(27-17)24-12-10-23(11-13-24)18(25)20-9-8-15-6-4-5-7-16(15)26-3/h4-7,14H,8-13H2,1-3H3,(H,20,25). The molecule has 0 radical (unpaired) electrons. The molecule has 0 unspecified atom stereocenters.